The van der Waals surface area contributed by atoms with Gasteiger partial charge in [-0.1, -0.05) is 54.6 Å². The molecule has 5 rings (SSSR count). The Kier molecular flexibility index (Phi) is 8.06. The molecule has 0 aromatic heterocycles. The number of carbonyl (C=O) groups excluding carboxylic acids is 3. The molecule has 5 N–H and O–H groups in total. The molecule has 0 radical (unpaired) electrons. The molecule has 0 saturated carbocycles. The predicted octanol–water partition coefficient (Wildman–Crippen LogP) is 2.51. The van der Waals surface area contributed by atoms with E-state index in [2.05, 4.69) is 10.6 Å². The average Bonchev–Trinajstić information content (AvgIpc) is 3.39. The molecule has 1 saturated heterocycles. The Morgan fingerprint density at radius 1 is 0.976 bits per heavy atom. The van der Waals surface area contributed by atoms with Crippen LogP contribution in [0.3, 0.4) is 0 Å². The lowest BCUT2D eigenvalue weighted by Crippen LogP contribution is -2.49. The lowest BCUT2D eigenvalue weighted by molar-refractivity contribution is -0.142. The molecule has 2 aliphatic heterocycles. The van der Waals surface area contributed by atoms with E-state index < -0.39 is 55.1 Å². The van der Waals surface area contributed by atoms with Gasteiger partial charge in [0, 0.05) is 23.1 Å². The highest BCUT2D eigenvalue weighted by Gasteiger charge is 2.47. The molecule has 11 nitrogen and oxygen atoms in total. The van der Waals surface area contributed by atoms with Crippen LogP contribution in [0.1, 0.15) is 45.5 Å². The first-order valence-corrected chi connectivity index (χ1v) is 15.0. The van der Waals surface area contributed by atoms with E-state index in [1.807, 2.05) is 42.5 Å². The summed E-state index contributed by atoms with van der Waals surface area (Å²) in [7, 11) is -4.74. The van der Waals surface area contributed by atoms with E-state index >= 15 is 0 Å². The third-order valence-electron chi connectivity index (χ3n) is 7.79. The van der Waals surface area contributed by atoms with Gasteiger partial charge in [0.25, 0.3) is 11.8 Å². The van der Waals surface area contributed by atoms with E-state index in [1.54, 1.807) is 24.3 Å². The number of benzene rings is 3. The maximum absolute atomic E-state index is 13.2. The molecule has 2 aliphatic rings. The number of nitrogens with one attached hydrogen (secondary N) is 2. The molecule has 0 aliphatic carbocycles. The molecule has 0 unspecified atom stereocenters. The lowest BCUT2D eigenvalue weighted by Gasteiger charge is -2.29. The van der Waals surface area contributed by atoms with E-state index in [9.17, 15) is 38.6 Å². The minimum atomic E-state index is -4.74. The second-order valence-corrected chi connectivity index (χ2v) is 12.2. The first-order valence-electron chi connectivity index (χ1n) is 13.3. The van der Waals surface area contributed by atoms with Crippen LogP contribution in [0.2, 0.25) is 0 Å². The number of aryl methyl sites for hydroxylation is 1. The lowest BCUT2D eigenvalue weighted by atomic mass is 9.93. The van der Waals surface area contributed by atoms with Crippen molar-refractivity contribution in [3.05, 3.63) is 83.4 Å². The smallest absolute Gasteiger partial charge is 0.342 e. The number of carboxylic acids is 1. The normalized spacial score (nSPS) is 21.2. The van der Waals surface area contributed by atoms with Gasteiger partial charge >= 0.3 is 13.6 Å². The highest BCUT2D eigenvalue weighted by Crippen LogP contribution is 2.48. The molecule has 2 heterocycles. The van der Waals surface area contributed by atoms with Gasteiger partial charge in [0.15, 0.2) is 0 Å². The Hall–Kier alpha value is -3.89. The molecule has 3 aromatic rings. The van der Waals surface area contributed by atoms with Crippen LogP contribution < -0.4 is 10.6 Å². The monoisotopic (exact) mass is 579 g/mol. The molecule has 0 bridgehead atoms. The van der Waals surface area contributed by atoms with Gasteiger partial charge < -0.3 is 20.2 Å². The van der Waals surface area contributed by atoms with E-state index in [0.29, 0.717) is 22.9 Å². The Bertz CT molecular complexity index is 1510. The maximum atomic E-state index is 13.2. The van der Waals surface area contributed by atoms with Gasteiger partial charge in [0.05, 0.1) is 6.04 Å². The summed E-state index contributed by atoms with van der Waals surface area (Å²) in [5.41, 5.74) is 1.66. The van der Waals surface area contributed by atoms with Crippen molar-refractivity contribution < 1.29 is 38.6 Å². The van der Waals surface area contributed by atoms with Crippen molar-refractivity contribution in [3.63, 3.8) is 0 Å². The highest BCUT2D eigenvalue weighted by atomic mass is 31.2. The predicted molar refractivity (Wildman–Crippen MR) is 149 cm³/mol. The van der Waals surface area contributed by atoms with Crippen molar-refractivity contribution in [2.45, 2.75) is 43.5 Å². The molecule has 3 aromatic carbocycles. The van der Waals surface area contributed by atoms with E-state index in [1.165, 1.54) is 0 Å². The van der Waals surface area contributed by atoms with E-state index in [4.69, 9.17) is 0 Å². The molecule has 214 valence electrons. The van der Waals surface area contributed by atoms with Crippen molar-refractivity contribution in [2.75, 3.05) is 6.54 Å². The number of amides is 3. The van der Waals surface area contributed by atoms with Crippen molar-refractivity contribution in [1.82, 2.24) is 15.5 Å². The summed E-state index contributed by atoms with van der Waals surface area (Å²) in [4.78, 5) is 72.4. The Morgan fingerprint density at radius 2 is 1.61 bits per heavy atom. The molecule has 12 heteroatoms. The molecule has 3 amide bonds. The molecule has 4 atom stereocenters. The fourth-order valence-electron chi connectivity index (χ4n) is 5.74. The number of imide groups is 1. The largest absolute Gasteiger partial charge is 0.480 e. The van der Waals surface area contributed by atoms with Gasteiger partial charge in [0.1, 0.15) is 11.8 Å². The summed E-state index contributed by atoms with van der Waals surface area (Å²) in [6.45, 7) is -0.103. The van der Waals surface area contributed by atoms with Crippen molar-refractivity contribution in [2.24, 2.45) is 5.92 Å². The van der Waals surface area contributed by atoms with Crippen LogP contribution in [-0.2, 0) is 20.6 Å². The van der Waals surface area contributed by atoms with Gasteiger partial charge in [-0.3, -0.25) is 29.2 Å². The summed E-state index contributed by atoms with van der Waals surface area (Å²) < 4.78 is 12.3. The summed E-state index contributed by atoms with van der Waals surface area (Å²) in [6.07, 6.45) is 0.586. The molecular weight excluding hydrogens is 549 g/mol. The number of hydrogen-bond acceptors (Lipinski definition) is 6. The highest BCUT2D eigenvalue weighted by molar-refractivity contribution is 7.52. The van der Waals surface area contributed by atoms with E-state index in [-0.39, 0.29) is 25.8 Å². The first-order chi connectivity index (χ1) is 19.5. The zero-order chi connectivity index (χ0) is 29.3. The third-order valence-corrected chi connectivity index (χ3v) is 9.09. The van der Waals surface area contributed by atoms with Crippen LogP contribution in [0.5, 0.6) is 0 Å². The number of carboxylic acid groups (broad SMARTS) is 1. The zero-order valence-corrected chi connectivity index (χ0v) is 22.9. The maximum Gasteiger partial charge on any atom is 0.342 e. The van der Waals surface area contributed by atoms with Crippen molar-refractivity contribution >= 4 is 42.1 Å². The van der Waals surface area contributed by atoms with Crippen LogP contribution in [0.25, 0.3) is 10.8 Å². The first kappa shape index (κ1) is 28.6. The average molecular weight is 580 g/mol. The van der Waals surface area contributed by atoms with Crippen molar-refractivity contribution in [1.29, 1.82) is 0 Å². The molecule has 1 fully saturated rings. The molecule has 41 heavy (non-hydrogen) atoms. The van der Waals surface area contributed by atoms with Gasteiger partial charge in [0.2, 0.25) is 5.91 Å². The fourth-order valence-corrected chi connectivity index (χ4v) is 6.93. The van der Waals surface area contributed by atoms with E-state index in [0.717, 1.165) is 15.8 Å². The summed E-state index contributed by atoms with van der Waals surface area (Å²) >= 11 is 0. The van der Waals surface area contributed by atoms with Crippen LogP contribution in [0.15, 0.2) is 66.7 Å². The number of rotatable bonds is 10. The van der Waals surface area contributed by atoms with Crippen LogP contribution in [-0.4, -0.2) is 67.9 Å². The minimum absolute atomic E-state index is 0.00494. The standard InChI is InChI=1S/C29H30N3O8P/c33-25(30-22(29(36)37)13-12-17-6-2-1-3-7-17)23-16-19(26(31-23)41(38,39)40)14-15-32-27(34)20-10-4-8-18-9-5-11-21(24(18)20)28(32)35/h1-11,19,22-23,26,31H,12-16H2,(H,30,33)(H,36,37)(H2,38,39,40)/t19-,22+,23+,26-/m1/s1. The fraction of sp³-hybridized carbons (Fsp3) is 0.310. The minimum Gasteiger partial charge on any atom is -0.480 e. The number of aliphatic carboxylic acids is 1. The van der Waals surface area contributed by atoms with Crippen LogP contribution in [0.4, 0.5) is 0 Å². The summed E-state index contributed by atoms with van der Waals surface area (Å²) in [5.74, 6) is -5.03. The topological polar surface area (TPSA) is 173 Å². The SMILES string of the molecule is O=C(O)[C@H](CCc1ccccc1)NC(=O)[C@@H]1C[C@@H](CCN2C(=O)c3cccc4cccc(c34)C2=O)[C@@H](P(=O)(O)O)N1. The number of nitrogens with zero attached hydrogens (tertiary/aromatic N) is 1. The van der Waals surface area contributed by atoms with Gasteiger partial charge in [-0.15, -0.1) is 0 Å². The van der Waals surface area contributed by atoms with Gasteiger partial charge in [-0.05, 0) is 54.7 Å². The number of hydrogen-bond donors (Lipinski definition) is 5. The van der Waals surface area contributed by atoms with Crippen LogP contribution in [0, 0.1) is 5.92 Å². The molecular formula is C29H30N3O8P. The quantitative estimate of drug-likeness (QED) is 0.179. The summed E-state index contributed by atoms with van der Waals surface area (Å²) in [5, 5.41) is 16.2. The van der Waals surface area contributed by atoms with Gasteiger partial charge in [-0.2, -0.15) is 0 Å². The zero-order valence-electron chi connectivity index (χ0n) is 22.0. The summed E-state index contributed by atoms with van der Waals surface area (Å²) in [6, 6.07) is 17.3. The van der Waals surface area contributed by atoms with Gasteiger partial charge in [-0.25, -0.2) is 4.79 Å². The second kappa shape index (κ2) is 11.5. The van der Waals surface area contributed by atoms with Crippen LogP contribution >= 0.6 is 7.60 Å². The molecule has 0 spiro atoms. The Balaban J connectivity index is 1.27. The third kappa shape index (κ3) is 5.94. The van der Waals surface area contributed by atoms with Crippen molar-refractivity contribution in [3.8, 4) is 0 Å². The second-order valence-electron chi connectivity index (χ2n) is 10.4. The Morgan fingerprint density at radius 3 is 2.20 bits per heavy atom. The number of carbonyl (C=O) groups is 4. The Labute approximate surface area is 235 Å².